The largest absolute Gasteiger partial charge is 0.455 e. The molecule has 2 aromatic carbocycles. The smallest absolute Gasteiger partial charge is 0.338 e. The molecule has 5 rings (SSSR count). The van der Waals surface area contributed by atoms with Crippen LogP contribution >= 0.6 is 0 Å². The minimum Gasteiger partial charge on any atom is -0.455 e. The van der Waals surface area contributed by atoms with Crippen LogP contribution in [0, 0.1) is 23.7 Å². The predicted octanol–water partition coefficient (Wildman–Crippen LogP) is 6.84. The minimum absolute atomic E-state index is 0.331. The maximum absolute atomic E-state index is 12.9. The van der Waals surface area contributed by atoms with Gasteiger partial charge in [0.1, 0.15) is 12.2 Å². The molecule has 3 saturated carbocycles. The number of carbonyl (C=O) groups excluding carboxylic acids is 2. The van der Waals surface area contributed by atoms with Crippen molar-refractivity contribution in [3.63, 3.8) is 0 Å². The molecule has 4 heteroatoms. The Bertz CT molecular complexity index is 877. The molecule has 6 atom stereocenters. The van der Waals surface area contributed by atoms with Crippen molar-refractivity contribution < 1.29 is 19.1 Å². The normalized spacial score (nSPS) is 31.2. The summed E-state index contributed by atoms with van der Waals surface area (Å²) in [5.41, 5.74) is 1.08. The van der Waals surface area contributed by atoms with E-state index >= 15 is 0 Å². The zero-order chi connectivity index (χ0) is 23.3. The number of hydrogen-bond donors (Lipinski definition) is 0. The van der Waals surface area contributed by atoms with Crippen LogP contribution in [0.15, 0.2) is 60.7 Å². The first-order valence-electron chi connectivity index (χ1n) is 13.2. The molecule has 0 saturated heterocycles. The first-order valence-corrected chi connectivity index (χ1v) is 13.2. The summed E-state index contributed by atoms with van der Waals surface area (Å²) in [7, 11) is 0. The Kier molecular flexibility index (Phi) is 7.32. The highest BCUT2D eigenvalue weighted by Gasteiger charge is 2.43. The summed E-state index contributed by atoms with van der Waals surface area (Å²) >= 11 is 0. The summed E-state index contributed by atoms with van der Waals surface area (Å²) in [6.07, 6.45) is 11.3. The fourth-order valence-electron chi connectivity index (χ4n) is 6.70. The number of benzene rings is 2. The van der Waals surface area contributed by atoms with Gasteiger partial charge in [-0.3, -0.25) is 0 Å². The van der Waals surface area contributed by atoms with Crippen LogP contribution in [0.25, 0.3) is 0 Å². The molecule has 0 heterocycles. The highest BCUT2D eigenvalue weighted by atomic mass is 16.6. The van der Waals surface area contributed by atoms with Gasteiger partial charge in [0.2, 0.25) is 0 Å². The third kappa shape index (κ3) is 5.37. The van der Waals surface area contributed by atoms with Crippen molar-refractivity contribution in [3.05, 3.63) is 71.8 Å². The Balaban J connectivity index is 1.33. The Hall–Kier alpha value is -2.62. The summed E-state index contributed by atoms with van der Waals surface area (Å²) in [6.45, 7) is 0. The third-order valence-corrected chi connectivity index (χ3v) is 8.57. The fourth-order valence-corrected chi connectivity index (χ4v) is 6.70. The Morgan fingerprint density at radius 3 is 1.32 bits per heavy atom. The molecular weight excluding hydrogens is 424 g/mol. The van der Waals surface area contributed by atoms with Gasteiger partial charge in [-0.1, -0.05) is 62.1 Å². The van der Waals surface area contributed by atoms with Crippen LogP contribution in [-0.4, -0.2) is 24.1 Å². The SMILES string of the molecule is O=C(OC1CC2CCC3CCCCC3CCC2CC1OC(=O)c1ccccc1)c1ccccc1. The Labute approximate surface area is 203 Å². The van der Waals surface area contributed by atoms with Gasteiger partial charge in [-0.2, -0.15) is 0 Å². The maximum atomic E-state index is 12.9. The summed E-state index contributed by atoms with van der Waals surface area (Å²) < 4.78 is 12.1. The van der Waals surface area contributed by atoms with Crippen LogP contribution in [-0.2, 0) is 9.47 Å². The molecule has 0 amide bonds. The zero-order valence-corrected chi connectivity index (χ0v) is 19.9. The molecule has 34 heavy (non-hydrogen) atoms. The second-order valence-corrected chi connectivity index (χ2v) is 10.6. The molecule has 0 bridgehead atoms. The van der Waals surface area contributed by atoms with Crippen LogP contribution in [0.1, 0.15) is 84.9 Å². The van der Waals surface area contributed by atoms with E-state index in [1.807, 2.05) is 36.4 Å². The zero-order valence-electron chi connectivity index (χ0n) is 19.9. The van der Waals surface area contributed by atoms with E-state index in [0.717, 1.165) is 24.7 Å². The standard InChI is InChI=1S/C30H36O4/c31-29(23-11-3-1-4-12-23)33-27-19-25-17-15-21-9-7-8-10-22(21)16-18-26(25)20-28(27)34-30(32)24-13-5-2-6-14-24/h1-6,11-14,21-22,25-28H,7-10,15-20H2. The van der Waals surface area contributed by atoms with E-state index < -0.39 is 12.2 Å². The lowest BCUT2D eigenvalue weighted by Crippen LogP contribution is -2.45. The molecule has 0 N–H and O–H groups in total. The van der Waals surface area contributed by atoms with Crippen LogP contribution in [0.2, 0.25) is 0 Å². The first kappa shape index (κ1) is 23.1. The van der Waals surface area contributed by atoms with Gasteiger partial charge in [0.15, 0.2) is 0 Å². The lowest BCUT2D eigenvalue weighted by Gasteiger charge is -2.44. The van der Waals surface area contributed by atoms with Crippen LogP contribution < -0.4 is 0 Å². The van der Waals surface area contributed by atoms with Gasteiger partial charge in [0, 0.05) is 0 Å². The number of ether oxygens (including phenoxy) is 2. The summed E-state index contributed by atoms with van der Waals surface area (Å²) in [5, 5.41) is 0. The molecule has 3 aliphatic rings. The van der Waals surface area contributed by atoms with E-state index in [4.69, 9.17) is 9.47 Å². The van der Waals surface area contributed by atoms with Crippen molar-refractivity contribution in [1.82, 2.24) is 0 Å². The van der Waals surface area contributed by atoms with Gasteiger partial charge in [-0.15, -0.1) is 0 Å². The summed E-state index contributed by atoms with van der Waals surface area (Å²) in [4.78, 5) is 25.8. The van der Waals surface area contributed by atoms with Crippen LogP contribution in [0.3, 0.4) is 0 Å². The second-order valence-electron chi connectivity index (χ2n) is 10.6. The number of esters is 2. The fraction of sp³-hybridized carbons (Fsp3) is 0.533. The molecule has 4 nitrogen and oxygen atoms in total. The molecular formula is C30H36O4. The Morgan fingerprint density at radius 2 is 0.912 bits per heavy atom. The molecule has 0 aliphatic heterocycles. The molecule has 0 radical (unpaired) electrons. The molecule has 0 aromatic heterocycles. The van der Waals surface area contributed by atoms with Gasteiger partial charge in [0.25, 0.3) is 0 Å². The minimum atomic E-state index is -0.400. The molecule has 0 spiro atoms. The Morgan fingerprint density at radius 1 is 0.529 bits per heavy atom. The predicted molar refractivity (Wildman–Crippen MR) is 131 cm³/mol. The lowest BCUT2D eigenvalue weighted by molar-refractivity contribution is -0.0804. The van der Waals surface area contributed by atoms with Crippen molar-refractivity contribution in [3.8, 4) is 0 Å². The molecule has 6 unspecified atom stereocenters. The van der Waals surface area contributed by atoms with Gasteiger partial charge in [0.05, 0.1) is 11.1 Å². The monoisotopic (exact) mass is 460 g/mol. The van der Waals surface area contributed by atoms with Gasteiger partial charge in [-0.25, -0.2) is 9.59 Å². The van der Waals surface area contributed by atoms with Gasteiger partial charge in [-0.05, 0) is 86.5 Å². The number of fused-ring (bicyclic) bond motifs is 2. The van der Waals surface area contributed by atoms with Crippen molar-refractivity contribution in [1.29, 1.82) is 0 Å². The molecule has 3 aliphatic carbocycles. The van der Waals surface area contributed by atoms with Crippen molar-refractivity contribution >= 4 is 11.9 Å². The topological polar surface area (TPSA) is 52.6 Å². The van der Waals surface area contributed by atoms with Gasteiger partial charge >= 0.3 is 11.9 Å². The van der Waals surface area contributed by atoms with E-state index in [1.54, 1.807) is 24.3 Å². The average Bonchev–Trinajstić information content (AvgIpc) is 2.87. The summed E-state index contributed by atoms with van der Waals surface area (Å²) in [5.74, 6) is 2.14. The number of carbonyl (C=O) groups is 2. The molecule has 3 fully saturated rings. The van der Waals surface area contributed by atoms with Crippen molar-refractivity contribution in [2.24, 2.45) is 23.7 Å². The lowest BCUT2D eigenvalue weighted by atomic mass is 9.65. The quantitative estimate of drug-likeness (QED) is 0.469. The van der Waals surface area contributed by atoms with E-state index in [1.165, 1.54) is 51.4 Å². The second kappa shape index (κ2) is 10.8. The van der Waals surface area contributed by atoms with Crippen molar-refractivity contribution in [2.75, 3.05) is 0 Å². The molecule has 180 valence electrons. The highest BCUT2D eigenvalue weighted by Crippen LogP contribution is 2.46. The first-order chi connectivity index (χ1) is 16.7. The van der Waals surface area contributed by atoms with Crippen molar-refractivity contribution in [2.45, 2.75) is 76.4 Å². The highest BCUT2D eigenvalue weighted by molar-refractivity contribution is 5.90. The third-order valence-electron chi connectivity index (χ3n) is 8.57. The average molecular weight is 461 g/mol. The van der Waals surface area contributed by atoms with Crippen LogP contribution in [0.4, 0.5) is 0 Å². The van der Waals surface area contributed by atoms with E-state index in [2.05, 4.69) is 0 Å². The number of rotatable bonds is 4. The maximum Gasteiger partial charge on any atom is 0.338 e. The number of hydrogen-bond acceptors (Lipinski definition) is 4. The van der Waals surface area contributed by atoms with E-state index in [-0.39, 0.29) is 11.9 Å². The molecule has 2 aromatic rings. The summed E-state index contributed by atoms with van der Waals surface area (Å²) in [6, 6.07) is 18.3. The van der Waals surface area contributed by atoms with Gasteiger partial charge < -0.3 is 9.47 Å². The van der Waals surface area contributed by atoms with E-state index in [0.29, 0.717) is 23.0 Å². The van der Waals surface area contributed by atoms with Crippen LogP contribution in [0.5, 0.6) is 0 Å². The van der Waals surface area contributed by atoms with E-state index in [9.17, 15) is 9.59 Å².